The molecule has 0 spiro atoms. The van der Waals surface area contributed by atoms with E-state index in [1.54, 1.807) is 18.2 Å². The first-order valence-corrected chi connectivity index (χ1v) is 7.30. The molecule has 2 aromatic carbocycles. The lowest BCUT2D eigenvalue weighted by atomic mass is 9.93. The third-order valence-electron chi connectivity index (χ3n) is 3.82. The number of aliphatic hydroxyl groups excluding tert-OH is 1. The molecule has 0 radical (unpaired) electrons. The molecule has 0 atom stereocenters. The molecule has 124 valence electrons. The SMILES string of the molecule is O=C1c2cccc3cc([N+](=O)[O-])cc(c23)C(=O)N1CCOCCO. The smallest absolute Gasteiger partial charge is 0.270 e. The highest BCUT2D eigenvalue weighted by atomic mass is 16.6. The highest BCUT2D eigenvalue weighted by Crippen LogP contribution is 2.33. The van der Waals surface area contributed by atoms with E-state index in [2.05, 4.69) is 0 Å². The second kappa shape index (κ2) is 6.34. The van der Waals surface area contributed by atoms with Gasteiger partial charge in [-0.05, 0) is 11.5 Å². The van der Waals surface area contributed by atoms with Crippen molar-refractivity contribution in [2.24, 2.45) is 0 Å². The Bertz CT molecular complexity index is 848. The lowest BCUT2D eigenvalue weighted by Crippen LogP contribution is -2.42. The first-order valence-electron chi connectivity index (χ1n) is 7.30. The van der Waals surface area contributed by atoms with E-state index in [1.165, 1.54) is 12.1 Å². The van der Waals surface area contributed by atoms with Crippen LogP contribution in [-0.4, -0.2) is 53.1 Å². The number of nitrogens with zero attached hydrogens (tertiary/aromatic N) is 2. The van der Waals surface area contributed by atoms with Gasteiger partial charge in [-0.1, -0.05) is 12.1 Å². The van der Waals surface area contributed by atoms with E-state index in [9.17, 15) is 19.7 Å². The van der Waals surface area contributed by atoms with Crippen molar-refractivity contribution < 1.29 is 24.4 Å². The average molecular weight is 330 g/mol. The minimum Gasteiger partial charge on any atom is -0.394 e. The van der Waals surface area contributed by atoms with Gasteiger partial charge in [0.05, 0.1) is 36.9 Å². The zero-order chi connectivity index (χ0) is 17.3. The van der Waals surface area contributed by atoms with Gasteiger partial charge >= 0.3 is 0 Å². The van der Waals surface area contributed by atoms with Crippen molar-refractivity contribution in [3.63, 3.8) is 0 Å². The van der Waals surface area contributed by atoms with Gasteiger partial charge in [-0.15, -0.1) is 0 Å². The number of carbonyl (C=O) groups is 2. The van der Waals surface area contributed by atoms with Crippen molar-refractivity contribution in [2.45, 2.75) is 0 Å². The second-order valence-electron chi connectivity index (χ2n) is 5.25. The molecular weight excluding hydrogens is 316 g/mol. The zero-order valence-corrected chi connectivity index (χ0v) is 12.6. The van der Waals surface area contributed by atoms with Crippen molar-refractivity contribution in [1.82, 2.24) is 4.90 Å². The van der Waals surface area contributed by atoms with Crippen molar-refractivity contribution in [1.29, 1.82) is 0 Å². The Hall–Kier alpha value is -2.84. The molecule has 8 nitrogen and oxygen atoms in total. The van der Waals surface area contributed by atoms with Gasteiger partial charge in [0.25, 0.3) is 17.5 Å². The standard InChI is InChI=1S/C16H14N2O6/c19-5-7-24-6-4-17-15(20)12-3-1-2-10-8-11(18(22)23)9-13(14(10)12)16(17)21/h1-3,8-9,19H,4-7H2. The van der Waals surface area contributed by atoms with Gasteiger partial charge in [-0.3, -0.25) is 24.6 Å². The molecular formula is C16H14N2O6. The number of nitro groups is 1. The molecule has 0 fully saturated rings. The Kier molecular flexibility index (Phi) is 4.24. The fourth-order valence-electron chi connectivity index (χ4n) is 2.77. The number of hydrogen-bond donors (Lipinski definition) is 1. The van der Waals surface area contributed by atoms with Gasteiger partial charge < -0.3 is 9.84 Å². The predicted octanol–water partition coefficient (Wildman–Crippen LogP) is 1.35. The molecule has 0 unspecified atom stereocenters. The number of aliphatic hydroxyl groups is 1. The van der Waals surface area contributed by atoms with Crippen molar-refractivity contribution in [3.8, 4) is 0 Å². The average Bonchev–Trinajstić information content (AvgIpc) is 2.58. The predicted molar refractivity (Wildman–Crippen MR) is 83.9 cm³/mol. The molecule has 2 amide bonds. The summed E-state index contributed by atoms with van der Waals surface area (Å²) in [5.74, 6) is -1.04. The summed E-state index contributed by atoms with van der Waals surface area (Å²) in [5.41, 5.74) is 0.268. The van der Waals surface area contributed by atoms with Crippen LogP contribution in [0.5, 0.6) is 0 Å². The van der Waals surface area contributed by atoms with Crippen LogP contribution >= 0.6 is 0 Å². The summed E-state index contributed by atoms with van der Waals surface area (Å²) in [5, 5.41) is 20.7. The Labute approximate surface area is 136 Å². The molecule has 1 aliphatic heterocycles. The third kappa shape index (κ3) is 2.61. The fraction of sp³-hybridized carbons (Fsp3) is 0.250. The number of non-ortho nitro benzene ring substituents is 1. The van der Waals surface area contributed by atoms with Gasteiger partial charge in [0.2, 0.25) is 0 Å². The maximum Gasteiger partial charge on any atom is 0.270 e. The van der Waals surface area contributed by atoms with Crippen LogP contribution in [0.4, 0.5) is 5.69 Å². The highest BCUT2D eigenvalue weighted by molar-refractivity contribution is 6.25. The van der Waals surface area contributed by atoms with Gasteiger partial charge in [-0.25, -0.2) is 0 Å². The van der Waals surface area contributed by atoms with E-state index in [0.717, 1.165) is 4.90 Å². The molecule has 3 rings (SSSR count). The molecule has 24 heavy (non-hydrogen) atoms. The third-order valence-corrected chi connectivity index (χ3v) is 3.82. The normalized spacial score (nSPS) is 13.6. The van der Waals surface area contributed by atoms with Gasteiger partial charge in [0.1, 0.15) is 0 Å². The van der Waals surface area contributed by atoms with Crippen LogP contribution < -0.4 is 0 Å². The number of amides is 2. The number of imide groups is 1. The topological polar surface area (TPSA) is 110 Å². The molecule has 2 aromatic rings. The molecule has 0 bridgehead atoms. The number of rotatable bonds is 6. The van der Waals surface area contributed by atoms with Crippen LogP contribution in [0, 0.1) is 10.1 Å². The van der Waals surface area contributed by atoms with E-state index < -0.39 is 16.7 Å². The van der Waals surface area contributed by atoms with E-state index in [0.29, 0.717) is 16.3 Å². The summed E-state index contributed by atoms with van der Waals surface area (Å²) < 4.78 is 5.10. The minimum absolute atomic E-state index is 0.0101. The van der Waals surface area contributed by atoms with E-state index >= 15 is 0 Å². The van der Waals surface area contributed by atoms with Crippen LogP contribution in [0.15, 0.2) is 30.3 Å². The molecule has 0 saturated heterocycles. The second-order valence-corrected chi connectivity index (χ2v) is 5.25. The molecule has 1 heterocycles. The molecule has 1 aliphatic rings. The van der Waals surface area contributed by atoms with Crippen molar-refractivity contribution in [3.05, 3.63) is 51.6 Å². The lowest BCUT2D eigenvalue weighted by molar-refractivity contribution is -0.384. The van der Waals surface area contributed by atoms with E-state index in [4.69, 9.17) is 9.84 Å². The Morgan fingerprint density at radius 3 is 2.58 bits per heavy atom. The molecule has 8 heteroatoms. The first-order chi connectivity index (χ1) is 11.5. The van der Waals surface area contributed by atoms with Crippen LogP contribution in [0.25, 0.3) is 10.8 Å². The van der Waals surface area contributed by atoms with Crippen molar-refractivity contribution >= 4 is 28.3 Å². The zero-order valence-electron chi connectivity index (χ0n) is 12.6. The summed E-state index contributed by atoms with van der Waals surface area (Å²) in [7, 11) is 0. The number of nitro benzene ring substituents is 1. The number of ether oxygens (including phenoxy) is 1. The van der Waals surface area contributed by atoms with Crippen LogP contribution in [-0.2, 0) is 4.74 Å². The number of hydrogen-bond acceptors (Lipinski definition) is 6. The maximum atomic E-state index is 12.6. The highest BCUT2D eigenvalue weighted by Gasteiger charge is 2.33. The van der Waals surface area contributed by atoms with Crippen LogP contribution in [0.2, 0.25) is 0 Å². The van der Waals surface area contributed by atoms with Crippen LogP contribution in [0.3, 0.4) is 0 Å². The Morgan fingerprint density at radius 1 is 1.12 bits per heavy atom. The monoisotopic (exact) mass is 330 g/mol. The summed E-state index contributed by atoms with van der Waals surface area (Å²) in [6.45, 7) is 0.0402. The summed E-state index contributed by atoms with van der Waals surface area (Å²) >= 11 is 0. The Balaban J connectivity index is 2.05. The number of benzene rings is 2. The molecule has 1 N–H and O–H groups in total. The number of carbonyl (C=O) groups excluding carboxylic acids is 2. The van der Waals surface area contributed by atoms with Gasteiger partial charge in [0, 0.05) is 23.1 Å². The fourth-order valence-corrected chi connectivity index (χ4v) is 2.77. The lowest BCUT2D eigenvalue weighted by Gasteiger charge is -2.26. The Morgan fingerprint density at radius 2 is 1.88 bits per heavy atom. The first kappa shape index (κ1) is 16.0. The van der Waals surface area contributed by atoms with Gasteiger partial charge in [0.15, 0.2) is 0 Å². The van der Waals surface area contributed by atoms with E-state index in [-0.39, 0.29) is 37.6 Å². The summed E-state index contributed by atoms with van der Waals surface area (Å²) in [6.07, 6.45) is 0. The summed E-state index contributed by atoms with van der Waals surface area (Å²) in [4.78, 5) is 36.7. The largest absolute Gasteiger partial charge is 0.394 e. The molecule has 0 aliphatic carbocycles. The van der Waals surface area contributed by atoms with Gasteiger partial charge in [-0.2, -0.15) is 0 Å². The van der Waals surface area contributed by atoms with Crippen LogP contribution in [0.1, 0.15) is 20.7 Å². The quantitative estimate of drug-likeness (QED) is 0.370. The van der Waals surface area contributed by atoms with Crippen molar-refractivity contribution in [2.75, 3.05) is 26.4 Å². The van der Waals surface area contributed by atoms with E-state index in [1.807, 2.05) is 0 Å². The molecule has 0 saturated carbocycles. The summed E-state index contributed by atoms with van der Waals surface area (Å²) in [6, 6.07) is 7.40. The molecule has 0 aromatic heterocycles. The maximum absolute atomic E-state index is 12.6. The minimum atomic E-state index is -0.583.